The Bertz CT molecular complexity index is 242. The predicted molar refractivity (Wildman–Crippen MR) is 86.8 cm³/mol. The second kappa shape index (κ2) is 6.92. The molecular formula is C15H34AlN3. The van der Waals surface area contributed by atoms with Crippen LogP contribution in [-0.4, -0.2) is 72.6 Å². The lowest BCUT2D eigenvalue weighted by Crippen LogP contribution is -2.57. The molecule has 0 aromatic heterocycles. The van der Waals surface area contributed by atoms with Gasteiger partial charge in [0.2, 0.25) is 0 Å². The highest BCUT2D eigenvalue weighted by molar-refractivity contribution is 6.29. The van der Waals surface area contributed by atoms with Crippen LogP contribution in [0.2, 0.25) is 0 Å². The van der Waals surface area contributed by atoms with Crippen LogP contribution in [0.1, 0.15) is 54.4 Å². The minimum Gasteiger partial charge on any atom is -0.369 e. The number of rotatable bonds is 0. The molecule has 1 fully saturated rings. The first-order chi connectivity index (χ1) is 8.60. The Morgan fingerprint density at radius 3 is 1.37 bits per heavy atom. The first-order valence-electron chi connectivity index (χ1n) is 7.79. The molecule has 1 aliphatic rings. The van der Waals surface area contributed by atoms with Crippen LogP contribution in [0.15, 0.2) is 0 Å². The van der Waals surface area contributed by atoms with Gasteiger partial charge in [-0.3, -0.25) is 0 Å². The topological polar surface area (TPSA) is 9.72 Å². The van der Waals surface area contributed by atoms with Gasteiger partial charge in [-0.05, 0) is 98.7 Å². The van der Waals surface area contributed by atoms with Gasteiger partial charge in [0, 0.05) is 0 Å². The summed E-state index contributed by atoms with van der Waals surface area (Å²) in [5.74, 6) is 0. The molecule has 0 aliphatic carbocycles. The maximum absolute atomic E-state index is 2.78. The van der Waals surface area contributed by atoms with E-state index in [1.54, 1.807) is 0 Å². The van der Waals surface area contributed by atoms with Crippen LogP contribution >= 0.6 is 0 Å². The fourth-order valence-electron chi connectivity index (χ4n) is 2.62. The number of hydrogen-bond donors (Lipinski definition) is 0. The van der Waals surface area contributed by atoms with E-state index in [4.69, 9.17) is 0 Å². The zero-order valence-electron chi connectivity index (χ0n) is 14.3. The van der Waals surface area contributed by atoms with Gasteiger partial charge in [-0.1, -0.05) is 0 Å². The Labute approximate surface area is 127 Å². The van der Waals surface area contributed by atoms with E-state index in [1.807, 2.05) is 0 Å². The quantitative estimate of drug-likeness (QED) is 0.631. The van der Waals surface area contributed by atoms with E-state index >= 15 is 0 Å². The average molecular weight is 283 g/mol. The van der Waals surface area contributed by atoms with Gasteiger partial charge in [-0.2, -0.15) is 0 Å². The van der Waals surface area contributed by atoms with Crippen LogP contribution in [0.25, 0.3) is 0 Å². The monoisotopic (exact) mass is 283 g/mol. The van der Waals surface area contributed by atoms with Gasteiger partial charge in [-0.25, -0.2) is 0 Å². The van der Waals surface area contributed by atoms with Gasteiger partial charge in [0.1, 0.15) is 0 Å². The highest BCUT2D eigenvalue weighted by atomic mass is 27.1. The lowest BCUT2D eigenvalue weighted by Gasteiger charge is -2.45. The number of hydrogen-bond acceptors (Lipinski definition) is 3. The van der Waals surface area contributed by atoms with Crippen molar-refractivity contribution >= 4 is 15.7 Å². The van der Waals surface area contributed by atoms with Gasteiger partial charge < -0.3 is 12.7 Å². The van der Waals surface area contributed by atoms with Crippen molar-refractivity contribution < 1.29 is 0 Å². The molecule has 0 spiro atoms. The summed E-state index contributed by atoms with van der Waals surface area (Å²) in [6.45, 7) is 19.2. The van der Waals surface area contributed by atoms with E-state index in [9.17, 15) is 0 Å². The van der Waals surface area contributed by atoms with Crippen molar-refractivity contribution in [3.63, 3.8) is 0 Å². The molecule has 1 rings (SSSR count). The van der Waals surface area contributed by atoms with E-state index < -0.39 is 0 Å². The van der Waals surface area contributed by atoms with Crippen LogP contribution in [-0.2, 0) is 0 Å². The van der Waals surface area contributed by atoms with Crippen molar-refractivity contribution in [1.29, 1.82) is 0 Å². The first-order valence-corrected chi connectivity index (χ1v) is 9.06. The van der Waals surface area contributed by atoms with Crippen molar-refractivity contribution in [2.75, 3.05) is 33.2 Å². The summed E-state index contributed by atoms with van der Waals surface area (Å²) in [6.07, 6.45) is 2.61. The molecule has 0 bridgehead atoms. The lowest BCUT2D eigenvalue weighted by atomic mass is 10.1. The summed E-state index contributed by atoms with van der Waals surface area (Å²) in [5.41, 5.74) is 0.626. The molecule has 1 saturated heterocycles. The molecule has 0 N–H and O–H groups in total. The van der Waals surface area contributed by atoms with Gasteiger partial charge in [0.05, 0.1) is 0 Å². The Kier molecular flexibility index (Phi) is 6.36. The van der Waals surface area contributed by atoms with Crippen molar-refractivity contribution in [2.45, 2.75) is 65.5 Å². The minimum atomic E-state index is -0.335. The third-order valence-corrected chi connectivity index (χ3v) is 7.39. The molecule has 0 saturated carbocycles. The first kappa shape index (κ1) is 17.5. The zero-order chi connectivity index (χ0) is 14.7. The lowest BCUT2D eigenvalue weighted by molar-refractivity contribution is 0.166. The standard InChI is InChI=1S/C15H33N3.Al.H/c1-14(2,3)16-10-8-12-18(7)13-9-11-17-15(4,5)6;;/h8-13H2,1-7H3;;/q-2;+2;. The highest BCUT2D eigenvalue weighted by Crippen LogP contribution is 2.19. The predicted octanol–water partition coefficient (Wildman–Crippen LogP) is 2.18. The second-order valence-corrected chi connectivity index (χ2v) is 9.83. The van der Waals surface area contributed by atoms with Crippen LogP contribution in [0, 0.1) is 0 Å². The zero-order valence-corrected chi connectivity index (χ0v) is 15.7. The molecule has 1 aliphatic heterocycles. The molecule has 3 nitrogen and oxygen atoms in total. The van der Waals surface area contributed by atoms with Crippen LogP contribution in [0.4, 0.5) is 0 Å². The molecule has 0 unspecified atom stereocenters. The Hall–Kier alpha value is 0.412. The molecule has 19 heavy (non-hydrogen) atoms. The molecule has 0 aromatic carbocycles. The largest absolute Gasteiger partial charge is 0.463 e. The SMILES string of the molecule is CN1CCC[N](C(C)(C)C)[AlH][N](C(C)(C)C)CCC1. The van der Waals surface area contributed by atoms with Gasteiger partial charge in [0.25, 0.3) is 0 Å². The van der Waals surface area contributed by atoms with Gasteiger partial charge in [0.15, 0.2) is 0 Å². The Morgan fingerprint density at radius 1 is 0.684 bits per heavy atom. The Morgan fingerprint density at radius 2 is 1.05 bits per heavy atom. The summed E-state index contributed by atoms with van der Waals surface area (Å²) in [6, 6.07) is 0. The molecule has 1 heterocycles. The van der Waals surface area contributed by atoms with Crippen LogP contribution < -0.4 is 0 Å². The molecule has 0 radical (unpaired) electrons. The van der Waals surface area contributed by atoms with Crippen LogP contribution in [0.5, 0.6) is 0 Å². The second-order valence-electron chi connectivity index (χ2n) is 8.02. The van der Waals surface area contributed by atoms with E-state index in [2.05, 4.69) is 61.3 Å². The third-order valence-electron chi connectivity index (χ3n) is 4.17. The fourth-order valence-corrected chi connectivity index (χ4v) is 4.61. The maximum Gasteiger partial charge on any atom is 0.463 e. The fraction of sp³-hybridized carbons (Fsp3) is 1.00. The van der Waals surface area contributed by atoms with E-state index in [1.165, 1.54) is 39.0 Å². The van der Waals surface area contributed by atoms with Crippen molar-refractivity contribution in [3.8, 4) is 0 Å². The third kappa shape index (κ3) is 6.14. The van der Waals surface area contributed by atoms with E-state index in [-0.39, 0.29) is 15.7 Å². The normalized spacial score (nSPS) is 23.1. The summed E-state index contributed by atoms with van der Waals surface area (Å²) >= 11 is -0.335. The van der Waals surface area contributed by atoms with E-state index in [0.29, 0.717) is 11.1 Å². The van der Waals surface area contributed by atoms with Crippen molar-refractivity contribution in [1.82, 2.24) is 12.7 Å². The van der Waals surface area contributed by atoms with Crippen LogP contribution in [0.3, 0.4) is 0 Å². The van der Waals surface area contributed by atoms with Crippen molar-refractivity contribution in [2.24, 2.45) is 0 Å². The smallest absolute Gasteiger partial charge is 0.369 e. The van der Waals surface area contributed by atoms with Gasteiger partial charge >= 0.3 is 15.7 Å². The van der Waals surface area contributed by atoms with Crippen molar-refractivity contribution in [3.05, 3.63) is 0 Å². The minimum absolute atomic E-state index is 0.313. The van der Waals surface area contributed by atoms with Gasteiger partial charge in [-0.15, -0.1) is 0 Å². The summed E-state index contributed by atoms with van der Waals surface area (Å²) < 4.78 is 5.55. The molecule has 0 atom stereocenters. The maximum atomic E-state index is 2.78. The molecule has 0 aromatic rings. The average Bonchev–Trinajstić information content (AvgIpc) is 2.23. The number of nitrogens with zero attached hydrogens (tertiary/aromatic N) is 3. The van der Waals surface area contributed by atoms with E-state index in [0.717, 1.165) is 0 Å². The molecular weight excluding hydrogens is 249 g/mol. The summed E-state index contributed by atoms with van der Waals surface area (Å²) in [5, 5.41) is 0. The highest BCUT2D eigenvalue weighted by Gasteiger charge is 2.31. The Balaban J connectivity index is 2.80. The molecule has 112 valence electrons. The molecule has 4 heteroatoms. The summed E-state index contributed by atoms with van der Waals surface area (Å²) in [7, 11) is 2.27. The molecule has 0 amide bonds. The summed E-state index contributed by atoms with van der Waals surface area (Å²) in [4.78, 5) is 2.49.